The van der Waals surface area contributed by atoms with Gasteiger partial charge in [0.2, 0.25) is 5.91 Å². The van der Waals surface area contributed by atoms with Crippen molar-refractivity contribution in [3.63, 3.8) is 0 Å². The molecule has 5 aliphatic rings. The van der Waals surface area contributed by atoms with Crippen LogP contribution in [0, 0.1) is 17.3 Å². The molecule has 1 saturated heterocycles. The van der Waals surface area contributed by atoms with E-state index in [0.717, 1.165) is 6.42 Å². The van der Waals surface area contributed by atoms with E-state index in [2.05, 4.69) is 0 Å². The molecule has 4 N–H and O–H groups in total. The van der Waals surface area contributed by atoms with Crippen molar-refractivity contribution in [3.8, 4) is 0 Å². The molecule has 1 aromatic rings. The molecule has 5 atom stereocenters. The summed E-state index contributed by atoms with van der Waals surface area (Å²) in [6.45, 7) is 1.15. The number of aromatic carboxylic acids is 1. The number of nitrogens with two attached hydrogens (primary N) is 1. The quantitative estimate of drug-likeness (QED) is 0.680. The van der Waals surface area contributed by atoms with Crippen LogP contribution >= 0.6 is 11.6 Å². The van der Waals surface area contributed by atoms with Gasteiger partial charge in [0, 0.05) is 19.1 Å². The van der Waals surface area contributed by atoms with E-state index in [1.165, 1.54) is 0 Å². The minimum atomic E-state index is -1.14. The molecule has 5 fully saturated rings. The Balaban J connectivity index is 1.64. The number of carboxylic acid groups (broad SMARTS) is 1. The molecule has 4 aliphatic carbocycles. The van der Waals surface area contributed by atoms with Crippen molar-refractivity contribution >= 4 is 23.5 Å². The zero-order valence-electron chi connectivity index (χ0n) is 16.1. The molecule has 8 nitrogen and oxygen atoms in total. The number of carboxylic acids is 1. The average molecular weight is 424 g/mol. The van der Waals surface area contributed by atoms with E-state index in [1.54, 1.807) is 4.68 Å². The van der Waals surface area contributed by atoms with Crippen molar-refractivity contribution in [1.82, 2.24) is 9.78 Å². The number of carbonyl (C=O) groups is 2. The Kier molecular flexibility index (Phi) is 4.28. The van der Waals surface area contributed by atoms with E-state index in [1.807, 2.05) is 0 Å². The topological polar surface area (TPSA) is 128 Å². The number of hydrogen-bond donors (Lipinski definition) is 3. The highest BCUT2D eigenvalue weighted by Crippen LogP contribution is 2.67. The highest BCUT2D eigenvalue weighted by molar-refractivity contribution is 6.32. The third-order valence-electron chi connectivity index (χ3n) is 7.73. The van der Waals surface area contributed by atoms with Gasteiger partial charge >= 0.3 is 5.97 Å². The van der Waals surface area contributed by atoms with Crippen LogP contribution < -0.4 is 5.73 Å². The zero-order chi connectivity index (χ0) is 20.6. The predicted molar refractivity (Wildman–Crippen MR) is 103 cm³/mol. The molecule has 2 heterocycles. The van der Waals surface area contributed by atoms with Crippen molar-refractivity contribution in [2.45, 2.75) is 62.5 Å². The summed E-state index contributed by atoms with van der Waals surface area (Å²) in [5, 5.41) is 25.8. The molecule has 3 unspecified atom stereocenters. The first-order valence-electron chi connectivity index (χ1n) is 10.4. The van der Waals surface area contributed by atoms with Gasteiger partial charge in [-0.25, -0.2) is 9.48 Å². The van der Waals surface area contributed by atoms with Gasteiger partial charge in [0.25, 0.3) is 0 Å². The lowest BCUT2D eigenvalue weighted by Gasteiger charge is -2.62. The SMILES string of the molecule is NC(=O)[C@]12CC3C[C@H](CC(O)(C3)C1)C2c1nn(C2CCOCC2)c(Cl)c1C(=O)O. The van der Waals surface area contributed by atoms with Gasteiger partial charge in [-0.2, -0.15) is 5.10 Å². The number of nitrogens with zero attached hydrogens (tertiary/aromatic N) is 2. The molecule has 158 valence electrons. The Morgan fingerprint density at radius 1 is 1.24 bits per heavy atom. The lowest BCUT2D eigenvalue weighted by atomic mass is 9.42. The highest BCUT2D eigenvalue weighted by atomic mass is 35.5. The van der Waals surface area contributed by atoms with Gasteiger partial charge in [-0.1, -0.05) is 11.6 Å². The fraction of sp³-hybridized carbons (Fsp3) is 0.750. The van der Waals surface area contributed by atoms with Crippen molar-refractivity contribution in [2.24, 2.45) is 23.0 Å². The smallest absolute Gasteiger partial charge is 0.340 e. The lowest BCUT2D eigenvalue weighted by Crippen LogP contribution is -2.63. The maximum Gasteiger partial charge on any atom is 0.340 e. The van der Waals surface area contributed by atoms with Gasteiger partial charge in [0.05, 0.1) is 22.8 Å². The number of aromatic nitrogens is 2. The monoisotopic (exact) mass is 423 g/mol. The lowest BCUT2D eigenvalue weighted by molar-refractivity contribution is -0.185. The number of aliphatic hydroxyl groups is 1. The van der Waals surface area contributed by atoms with E-state index >= 15 is 0 Å². The van der Waals surface area contributed by atoms with Crippen LogP contribution in [0.25, 0.3) is 0 Å². The first-order chi connectivity index (χ1) is 13.7. The second kappa shape index (κ2) is 6.43. The molecule has 0 spiro atoms. The first-order valence-corrected chi connectivity index (χ1v) is 10.7. The Morgan fingerprint density at radius 2 is 1.97 bits per heavy atom. The van der Waals surface area contributed by atoms with Crippen molar-refractivity contribution < 1.29 is 24.5 Å². The minimum Gasteiger partial charge on any atom is -0.478 e. The summed E-state index contributed by atoms with van der Waals surface area (Å²) in [5.74, 6) is -1.83. The van der Waals surface area contributed by atoms with Crippen LogP contribution in [0.5, 0.6) is 0 Å². The van der Waals surface area contributed by atoms with Gasteiger partial charge in [0.15, 0.2) is 0 Å². The number of ether oxygens (including phenoxy) is 1. The average Bonchev–Trinajstić information content (AvgIpc) is 2.97. The maximum absolute atomic E-state index is 12.7. The molecule has 0 aromatic carbocycles. The van der Waals surface area contributed by atoms with E-state index < -0.39 is 28.8 Å². The molecule has 1 aromatic heterocycles. The van der Waals surface area contributed by atoms with Crippen molar-refractivity contribution in [2.75, 3.05) is 13.2 Å². The van der Waals surface area contributed by atoms with Crippen molar-refractivity contribution in [1.29, 1.82) is 0 Å². The second-order valence-corrected chi connectivity index (χ2v) is 9.88. The summed E-state index contributed by atoms with van der Waals surface area (Å²) in [7, 11) is 0. The van der Waals surface area contributed by atoms with Crippen LogP contribution in [0.1, 0.15) is 73.0 Å². The van der Waals surface area contributed by atoms with Crippen LogP contribution in [0.4, 0.5) is 0 Å². The minimum absolute atomic E-state index is 0.0248. The molecular weight excluding hydrogens is 398 g/mol. The Morgan fingerprint density at radius 3 is 2.59 bits per heavy atom. The first kappa shape index (κ1) is 19.3. The van der Waals surface area contributed by atoms with Crippen LogP contribution in [-0.2, 0) is 9.53 Å². The molecule has 4 bridgehead atoms. The summed E-state index contributed by atoms with van der Waals surface area (Å²) >= 11 is 6.54. The Labute approximate surface area is 173 Å². The number of halogens is 1. The molecule has 29 heavy (non-hydrogen) atoms. The van der Waals surface area contributed by atoms with Crippen molar-refractivity contribution in [3.05, 3.63) is 16.4 Å². The van der Waals surface area contributed by atoms with Crippen LogP contribution in [0.3, 0.4) is 0 Å². The number of amides is 1. The number of rotatable bonds is 4. The summed E-state index contributed by atoms with van der Waals surface area (Å²) in [5.41, 5.74) is 4.38. The van der Waals surface area contributed by atoms with E-state index in [9.17, 15) is 19.8 Å². The van der Waals surface area contributed by atoms with E-state index in [4.69, 9.17) is 27.2 Å². The third kappa shape index (κ3) is 2.75. The maximum atomic E-state index is 12.7. The van der Waals surface area contributed by atoms with E-state index in [0.29, 0.717) is 51.0 Å². The fourth-order valence-corrected chi connectivity index (χ4v) is 7.32. The van der Waals surface area contributed by atoms with Gasteiger partial charge in [-0.05, 0) is 56.8 Å². The van der Waals surface area contributed by atoms with Gasteiger partial charge in [-0.3, -0.25) is 4.79 Å². The standard InChI is InChI=1S/C20H26ClN3O5/c21-16-13(17(25)26)15(23-24(16)12-1-3-29-4-2-12)14-11-5-10-6-19(28,8-11)9-20(14,7-10)18(22)27/h10-12,14,28H,1-9H2,(H2,22,27)(H,25,26)/t10?,11-,14?,19?,20-/m1/s1. The van der Waals surface area contributed by atoms with Crippen LogP contribution in [-0.4, -0.2) is 50.7 Å². The number of hydrogen-bond acceptors (Lipinski definition) is 5. The number of primary amides is 1. The summed E-state index contributed by atoms with van der Waals surface area (Å²) in [6, 6.07) is -0.0337. The zero-order valence-corrected chi connectivity index (χ0v) is 16.9. The molecule has 6 rings (SSSR count). The van der Waals surface area contributed by atoms with Gasteiger partial charge in [-0.15, -0.1) is 0 Å². The molecule has 0 radical (unpaired) electrons. The third-order valence-corrected chi connectivity index (χ3v) is 8.09. The van der Waals surface area contributed by atoms with Crippen LogP contribution in [0.2, 0.25) is 5.15 Å². The Bertz CT molecular complexity index is 882. The highest BCUT2D eigenvalue weighted by Gasteiger charge is 2.66. The largest absolute Gasteiger partial charge is 0.478 e. The molecule has 9 heteroatoms. The predicted octanol–water partition coefficient (Wildman–Crippen LogP) is 2.10. The van der Waals surface area contributed by atoms with Gasteiger partial charge in [0.1, 0.15) is 10.7 Å². The molecular formula is C20H26ClN3O5. The normalized spacial score (nSPS) is 39.0. The Hall–Kier alpha value is -1.64. The summed E-state index contributed by atoms with van der Waals surface area (Å²) in [4.78, 5) is 24.9. The van der Waals surface area contributed by atoms with E-state index in [-0.39, 0.29) is 35.0 Å². The fourth-order valence-electron chi connectivity index (χ4n) is 6.96. The molecule has 4 saturated carbocycles. The van der Waals surface area contributed by atoms with Gasteiger partial charge < -0.3 is 20.7 Å². The van der Waals surface area contributed by atoms with Crippen LogP contribution in [0.15, 0.2) is 0 Å². The summed E-state index contributed by atoms with van der Waals surface area (Å²) < 4.78 is 7.02. The number of carbonyl (C=O) groups excluding carboxylic acids is 1. The second-order valence-electron chi connectivity index (χ2n) is 9.52. The molecule has 1 aliphatic heterocycles. The molecule has 1 amide bonds. The summed E-state index contributed by atoms with van der Waals surface area (Å²) in [6.07, 6.45) is 4.34.